The molecule has 0 aromatic heterocycles. The number of hydrogen-bond donors (Lipinski definition) is 2. The Balaban J connectivity index is 2.20. The first-order valence-electron chi connectivity index (χ1n) is 6.03. The first kappa shape index (κ1) is 13.1. The van der Waals surface area contributed by atoms with Gasteiger partial charge in [0, 0.05) is 5.56 Å². The van der Waals surface area contributed by atoms with Gasteiger partial charge in [0.1, 0.15) is 5.54 Å². The minimum Gasteiger partial charge on any atom is -0.480 e. The van der Waals surface area contributed by atoms with E-state index in [-0.39, 0.29) is 5.92 Å². The van der Waals surface area contributed by atoms with E-state index in [1.165, 1.54) is 13.0 Å². The summed E-state index contributed by atoms with van der Waals surface area (Å²) in [5.74, 6) is -1.51. The number of aliphatic carboxylic acids is 1. The van der Waals surface area contributed by atoms with E-state index in [1.54, 1.807) is 18.2 Å². The van der Waals surface area contributed by atoms with E-state index in [0.29, 0.717) is 11.1 Å². The van der Waals surface area contributed by atoms with Gasteiger partial charge in [-0.25, -0.2) is 4.79 Å². The maximum Gasteiger partial charge on any atom is 0.329 e. The first-order valence-corrected chi connectivity index (χ1v) is 6.03. The quantitative estimate of drug-likeness (QED) is 0.857. The Hall–Kier alpha value is -2.35. The molecule has 5 nitrogen and oxygen atoms in total. The van der Waals surface area contributed by atoms with Crippen LogP contribution in [0.25, 0.3) is 0 Å². The number of hydrogen-bond acceptors (Lipinski definition) is 3. The third-order valence-electron chi connectivity index (χ3n) is 3.47. The molecular weight excluding hydrogens is 244 g/mol. The molecule has 0 bridgehead atoms. The number of amides is 1. The highest BCUT2D eigenvalue weighted by Gasteiger charge is 2.48. The second kappa shape index (κ2) is 4.73. The lowest BCUT2D eigenvalue weighted by atomic mass is 9.95. The van der Waals surface area contributed by atoms with Crippen LogP contribution >= 0.6 is 0 Å². The molecule has 1 aromatic carbocycles. The molecule has 0 spiro atoms. The molecule has 0 aliphatic heterocycles. The van der Waals surface area contributed by atoms with E-state index in [2.05, 4.69) is 5.32 Å². The van der Waals surface area contributed by atoms with Gasteiger partial charge in [-0.3, -0.25) is 4.79 Å². The summed E-state index contributed by atoms with van der Waals surface area (Å²) in [6.45, 7) is 1.53. The first-order chi connectivity index (χ1) is 8.97. The van der Waals surface area contributed by atoms with Crippen LogP contribution in [0.4, 0.5) is 0 Å². The lowest BCUT2D eigenvalue weighted by Crippen LogP contribution is -2.54. The second-order valence-electron chi connectivity index (χ2n) is 4.93. The Morgan fingerprint density at radius 2 is 2.16 bits per heavy atom. The van der Waals surface area contributed by atoms with Crippen molar-refractivity contribution in [3.8, 4) is 6.07 Å². The van der Waals surface area contributed by atoms with Crippen LogP contribution < -0.4 is 5.32 Å². The van der Waals surface area contributed by atoms with Crippen molar-refractivity contribution in [3.05, 3.63) is 35.4 Å². The van der Waals surface area contributed by atoms with Crippen molar-refractivity contribution in [2.75, 3.05) is 0 Å². The molecule has 98 valence electrons. The predicted molar refractivity (Wildman–Crippen MR) is 67.4 cm³/mol. The molecule has 1 unspecified atom stereocenters. The minimum atomic E-state index is -1.24. The summed E-state index contributed by atoms with van der Waals surface area (Å²) in [7, 11) is 0. The number of benzene rings is 1. The van der Waals surface area contributed by atoms with Gasteiger partial charge < -0.3 is 10.4 Å². The SMILES string of the molecule is CC(NC(=O)c1cccc(C#N)c1)(C(=O)O)C1CC1. The smallest absolute Gasteiger partial charge is 0.329 e. The number of nitrogens with zero attached hydrogens (tertiary/aromatic N) is 1. The zero-order valence-corrected chi connectivity index (χ0v) is 10.5. The third kappa shape index (κ3) is 2.58. The zero-order chi connectivity index (χ0) is 14.0. The van der Waals surface area contributed by atoms with E-state index in [1.807, 2.05) is 6.07 Å². The van der Waals surface area contributed by atoms with Crippen molar-refractivity contribution in [3.63, 3.8) is 0 Å². The molecule has 1 amide bonds. The van der Waals surface area contributed by atoms with E-state index >= 15 is 0 Å². The van der Waals surface area contributed by atoms with Crippen LogP contribution in [0.2, 0.25) is 0 Å². The van der Waals surface area contributed by atoms with Gasteiger partial charge in [0.15, 0.2) is 0 Å². The Bertz CT molecular complexity index is 572. The fourth-order valence-electron chi connectivity index (χ4n) is 2.03. The molecule has 1 aliphatic rings. The molecule has 2 rings (SSSR count). The number of nitriles is 1. The van der Waals surface area contributed by atoms with Crippen molar-refractivity contribution in [1.82, 2.24) is 5.32 Å². The lowest BCUT2D eigenvalue weighted by molar-refractivity contribution is -0.144. The number of rotatable bonds is 4. The van der Waals surface area contributed by atoms with Gasteiger partial charge in [-0.2, -0.15) is 5.26 Å². The summed E-state index contributed by atoms with van der Waals surface area (Å²) in [6.07, 6.45) is 1.61. The Labute approximate surface area is 110 Å². The van der Waals surface area contributed by atoms with Crippen molar-refractivity contribution >= 4 is 11.9 Å². The van der Waals surface area contributed by atoms with Gasteiger partial charge in [0.25, 0.3) is 5.91 Å². The van der Waals surface area contributed by atoms with Crippen molar-refractivity contribution in [2.45, 2.75) is 25.3 Å². The van der Waals surface area contributed by atoms with Crippen LogP contribution in [0.1, 0.15) is 35.7 Å². The summed E-state index contributed by atoms with van der Waals surface area (Å²) >= 11 is 0. The van der Waals surface area contributed by atoms with Crippen molar-refractivity contribution in [1.29, 1.82) is 5.26 Å². The van der Waals surface area contributed by atoms with Gasteiger partial charge in [0.2, 0.25) is 0 Å². The number of nitrogens with one attached hydrogen (secondary N) is 1. The second-order valence-corrected chi connectivity index (χ2v) is 4.93. The molecule has 1 fully saturated rings. The highest BCUT2D eigenvalue weighted by Crippen LogP contribution is 2.39. The molecule has 5 heteroatoms. The van der Waals surface area contributed by atoms with Crippen LogP contribution in [0.15, 0.2) is 24.3 Å². The van der Waals surface area contributed by atoms with E-state index in [0.717, 1.165) is 12.8 Å². The van der Waals surface area contributed by atoms with Crippen LogP contribution in [0, 0.1) is 17.2 Å². The average molecular weight is 258 g/mol. The van der Waals surface area contributed by atoms with Gasteiger partial charge in [-0.05, 0) is 43.9 Å². The van der Waals surface area contributed by atoms with Crippen LogP contribution in [-0.2, 0) is 4.79 Å². The summed E-state index contributed by atoms with van der Waals surface area (Å²) in [5.41, 5.74) is -0.567. The van der Waals surface area contributed by atoms with Crippen molar-refractivity contribution < 1.29 is 14.7 Å². The van der Waals surface area contributed by atoms with Crippen LogP contribution in [-0.4, -0.2) is 22.5 Å². The molecule has 1 aliphatic carbocycles. The highest BCUT2D eigenvalue weighted by molar-refractivity contribution is 5.98. The van der Waals surface area contributed by atoms with Crippen molar-refractivity contribution in [2.24, 2.45) is 5.92 Å². The molecule has 0 heterocycles. The monoisotopic (exact) mass is 258 g/mol. The number of carboxylic acid groups (broad SMARTS) is 1. The number of carboxylic acids is 1. The van der Waals surface area contributed by atoms with Gasteiger partial charge in [0.05, 0.1) is 11.6 Å². The van der Waals surface area contributed by atoms with Crippen LogP contribution in [0.3, 0.4) is 0 Å². The molecule has 1 atom stereocenters. The van der Waals surface area contributed by atoms with Gasteiger partial charge in [-0.15, -0.1) is 0 Å². The fraction of sp³-hybridized carbons (Fsp3) is 0.357. The standard InChI is InChI=1S/C14H14N2O3/c1-14(13(18)19,11-5-6-11)16-12(17)10-4-2-3-9(7-10)8-15/h2-4,7,11H,5-6H2,1H3,(H,16,17)(H,18,19). The lowest BCUT2D eigenvalue weighted by Gasteiger charge is -2.26. The largest absolute Gasteiger partial charge is 0.480 e. The maximum absolute atomic E-state index is 12.1. The fourth-order valence-corrected chi connectivity index (χ4v) is 2.03. The Morgan fingerprint density at radius 3 is 2.68 bits per heavy atom. The topological polar surface area (TPSA) is 90.2 Å². The molecule has 2 N–H and O–H groups in total. The molecule has 0 radical (unpaired) electrons. The molecule has 1 saturated carbocycles. The van der Waals surface area contributed by atoms with Crippen LogP contribution in [0.5, 0.6) is 0 Å². The summed E-state index contributed by atoms with van der Waals surface area (Å²) < 4.78 is 0. The maximum atomic E-state index is 12.1. The van der Waals surface area contributed by atoms with E-state index in [9.17, 15) is 14.7 Å². The highest BCUT2D eigenvalue weighted by atomic mass is 16.4. The number of carbonyl (C=O) groups excluding carboxylic acids is 1. The summed E-state index contributed by atoms with van der Waals surface area (Å²) in [6, 6.07) is 8.15. The zero-order valence-electron chi connectivity index (χ0n) is 10.5. The van der Waals surface area contributed by atoms with Gasteiger partial charge >= 0.3 is 5.97 Å². The average Bonchev–Trinajstić information content (AvgIpc) is 3.23. The normalized spacial score (nSPS) is 17.1. The Kier molecular flexibility index (Phi) is 3.26. The summed E-state index contributed by atoms with van der Waals surface area (Å²) in [5, 5.41) is 20.6. The molecular formula is C14H14N2O3. The third-order valence-corrected chi connectivity index (χ3v) is 3.47. The Morgan fingerprint density at radius 1 is 1.47 bits per heavy atom. The summed E-state index contributed by atoms with van der Waals surface area (Å²) in [4.78, 5) is 23.4. The minimum absolute atomic E-state index is 0.0203. The van der Waals surface area contributed by atoms with E-state index < -0.39 is 17.4 Å². The number of carbonyl (C=O) groups is 2. The molecule has 0 saturated heterocycles. The molecule has 19 heavy (non-hydrogen) atoms. The predicted octanol–water partition coefficient (Wildman–Crippen LogP) is 1.54. The van der Waals surface area contributed by atoms with E-state index in [4.69, 9.17) is 5.26 Å². The van der Waals surface area contributed by atoms with Gasteiger partial charge in [-0.1, -0.05) is 6.07 Å². The molecule has 1 aromatic rings.